The summed E-state index contributed by atoms with van der Waals surface area (Å²) in [7, 11) is 0. The molecule has 3 heterocycles. The Morgan fingerprint density at radius 2 is 2.08 bits per heavy atom. The molecular weight excluding hydrogens is 307 g/mol. The van der Waals surface area contributed by atoms with E-state index in [1.165, 1.54) is 12.1 Å². The van der Waals surface area contributed by atoms with Crippen molar-refractivity contribution in [3.8, 4) is 0 Å². The first-order valence-electron chi connectivity index (χ1n) is 9.00. The number of carbonyl (C=O) groups excluding carboxylic acids is 1. The van der Waals surface area contributed by atoms with E-state index in [0.717, 1.165) is 64.6 Å². The van der Waals surface area contributed by atoms with Gasteiger partial charge in [0.05, 0.1) is 0 Å². The van der Waals surface area contributed by atoms with Crippen molar-refractivity contribution in [2.75, 3.05) is 44.3 Å². The van der Waals surface area contributed by atoms with Crippen LogP contribution in [0.2, 0.25) is 0 Å². The molecule has 4 rings (SSSR count). The number of anilines is 1. The molecule has 0 unspecified atom stereocenters. The predicted molar refractivity (Wildman–Crippen MR) is 90.4 cm³/mol. The van der Waals surface area contributed by atoms with Gasteiger partial charge in [0, 0.05) is 50.4 Å². The van der Waals surface area contributed by atoms with E-state index in [2.05, 4.69) is 4.90 Å². The molecule has 1 spiro atoms. The van der Waals surface area contributed by atoms with Gasteiger partial charge in [-0.25, -0.2) is 4.39 Å². The van der Waals surface area contributed by atoms with E-state index in [-0.39, 0.29) is 17.1 Å². The average Bonchev–Trinajstić information content (AvgIpc) is 3.11. The highest BCUT2D eigenvalue weighted by atomic mass is 19.1. The number of nitrogens with zero attached hydrogens (tertiary/aromatic N) is 2. The summed E-state index contributed by atoms with van der Waals surface area (Å²) in [6.45, 7) is 5.67. The fourth-order valence-electron chi connectivity index (χ4n) is 4.53. The maximum atomic E-state index is 13.5. The summed E-state index contributed by atoms with van der Waals surface area (Å²) in [5.41, 5.74) is 0.744. The quantitative estimate of drug-likeness (QED) is 0.853. The first kappa shape index (κ1) is 16.0. The van der Waals surface area contributed by atoms with Crippen LogP contribution >= 0.6 is 0 Å². The summed E-state index contributed by atoms with van der Waals surface area (Å²) in [5.74, 6) is 0.577. The lowest BCUT2D eigenvalue weighted by atomic mass is 9.86. The lowest BCUT2D eigenvalue weighted by Crippen LogP contribution is -2.34. The second kappa shape index (κ2) is 6.45. The minimum Gasteiger partial charge on any atom is -0.381 e. The number of hydrogen-bond donors (Lipinski definition) is 0. The Kier molecular flexibility index (Phi) is 4.31. The molecule has 3 aliphatic heterocycles. The number of rotatable bonds is 3. The second-order valence-electron chi connectivity index (χ2n) is 7.68. The topological polar surface area (TPSA) is 32.8 Å². The lowest BCUT2D eigenvalue weighted by Gasteiger charge is -2.28. The Morgan fingerprint density at radius 1 is 1.25 bits per heavy atom. The van der Waals surface area contributed by atoms with Crippen LogP contribution in [0.15, 0.2) is 24.3 Å². The minimum absolute atomic E-state index is 0.0502. The van der Waals surface area contributed by atoms with Gasteiger partial charge in [-0.1, -0.05) is 6.07 Å². The zero-order valence-electron chi connectivity index (χ0n) is 14.0. The van der Waals surface area contributed by atoms with Gasteiger partial charge in [-0.15, -0.1) is 0 Å². The number of carbonyl (C=O) groups is 1. The van der Waals surface area contributed by atoms with Crippen molar-refractivity contribution < 1.29 is 13.9 Å². The first-order chi connectivity index (χ1) is 11.6. The molecule has 0 aliphatic carbocycles. The van der Waals surface area contributed by atoms with E-state index >= 15 is 0 Å². The first-order valence-corrected chi connectivity index (χ1v) is 9.00. The number of halogens is 1. The highest BCUT2D eigenvalue weighted by Gasteiger charge is 2.47. The molecule has 1 amide bonds. The smallest absolute Gasteiger partial charge is 0.227 e. The third-order valence-electron chi connectivity index (χ3n) is 5.82. The fraction of sp³-hybridized carbons (Fsp3) is 0.632. The van der Waals surface area contributed by atoms with Crippen molar-refractivity contribution >= 4 is 11.6 Å². The molecule has 4 nitrogen and oxygen atoms in total. The van der Waals surface area contributed by atoms with Crippen molar-refractivity contribution in [2.24, 2.45) is 11.3 Å². The van der Waals surface area contributed by atoms with Gasteiger partial charge >= 0.3 is 0 Å². The lowest BCUT2D eigenvalue weighted by molar-refractivity contribution is -0.117. The predicted octanol–water partition coefficient (Wildman–Crippen LogP) is 2.68. The third kappa shape index (κ3) is 3.20. The van der Waals surface area contributed by atoms with Crippen molar-refractivity contribution in [2.45, 2.75) is 25.7 Å². The maximum absolute atomic E-state index is 13.5. The van der Waals surface area contributed by atoms with E-state index in [1.807, 2.05) is 6.07 Å². The minimum atomic E-state index is -0.284. The standard InChI is InChI=1S/C19H25FN2O2/c20-16-2-1-3-17(10-16)22-14-19(11-18(22)23)6-7-21(13-19)12-15-4-8-24-9-5-15/h1-3,10,15H,4-9,11-14H2/t19-/m0/s1. The maximum Gasteiger partial charge on any atom is 0.227 e. The highest BCUT2D eigenvalue weighted by molar-refractivity contribution is 5.96. The Morgan fingerprint density at radius 3 is 2.88 bits per heavy atom. The Hall–Kier alpha value is -1.46. The zero-order chi connectivity index (χ0) is 16.6. The number of likely N-dealkylation sites (tertiary alicyclic amines) is 1. The molecule has 0 bridgehead atoms. The van der Waals surface area contributed by atoms with Gasteiger partial charge in [0.2, 0.25) is 5.91 Å². The Bertz CT molecular complexity index is 617. The van der Waals surface area contributed by atoms with Crippen LogP contribution in [0.25, 0.3) is 0 Å². The number of hydrogen-bond acceptors (Lipinski definition) is 3. The van der Waals surface area contributed by atoms with Gasteiger partial charge < -0.3 is 14.5 Å². The number of benzene rings is 1. The van der Waals surface area contributed by atoms with Crippen LogP contribution < -0.4 is 4.90 Å². The SMILES string of the molecule is O=C1C[C@]2(CCN(CC3CCOCC3)C2)CN1c1cccc(F)c1. The van der Waals surface area contributed by atoms with Gasteiger partial charge in [0.15, 0.2) is 0 Å². The van der Waals surface area contributed by atoms with Gasteiger partial charge in [-0.05, 0) is 49.9 Å². The summed E-state index contributed by atoms with van der Waals surface area (Å²) in [6, 6.07) is 6.39. The average molecular weight is 332 g/mol. The summed E-state index contributed by atoms with van der Waals surface area (Å²) in [4.78, 5) is 16.8. The molecule has 3 fully saturated rings. The van der Waals surface area contributed by atoms with E-state index in [9.17, 15) is 9.18 Å². The van der Waals surface area contributed by atoms with E-state index < -0.39 is 0 Å². The molecule has 0 radical (unpaired) electrons. The van der Waals surface area contributed by atoms with Crippen molar-refractivity contribution in [1.82, 2.24) is 4.90 Å². The molecule has 3 saturated heterocycles. The number of ether oxygens (including phenoxy) is 1. The molecule has 1 aromatic carbocycles. The van der Waals surface area contributed by atoms with Crippen LogP contribution in [0, 0.1) is 17.2 Å². The van der Waals surface area contributed by atoms with Gasteiger partial charge in [-0.3, -0.25) is 4.79 Å². The molecule has 0 aromatic heterocycles. The van der Waals surface area contributed by atoms with Crippen LogP contribution in [-0.4, -0.2) is 50.2 Å². The summed E-state index contributed by atoms with van der Waals surface area (Å²) in [5, 5.41) is 0. The van der Waals surface area contributed by atoms with Crippen molar-refractivity contribution in [3.63, 3.8) is 0 Å². The van der Waals surface area contributed by atoms with Crippen LogP contribution in [0.3, 0.4) is 0 Å². The molecule has 5 heteroatoms. The largest absolute Gasteiger partial charge is 0.381 e. The van der Waals surface area contributed by atoms with Gasteiger partial charge in [-0.2, -0.15) is 0 Å². The summed E-state index contributed by atoms with van der Waals surface area (Å²) < 4.78 is 18.9. The normalized spacial score (nSPS) is 29.0. The van der Waals surface area contributed by atoms with Crippen LogP contribution in [-0.2, 0) is 9.53 Å². The van der Waals surface area contributed by atoms with Crippen LogP contribution in [0.1, 0.15) is 25.7 Å². The molecule has 0 N–H and O–H groups in total. The monoisotopic (exact) mass is 332 g/mol. The fourth-order valence-corrected chi connectivity index (χ4v) is 4.53. The molecule has 3 aliphatic rings. The van der Waals surface area contributed by atoms with Gasteiger partial charge in [0.1, 0.15) is 5.82 Å². The molecular formula is C19H25FN2O2. The molecule has 1 atom stereocenters. The van der Waals surface area contributed by atoms with Crippen molar-refractivity contribution in [1.29, 1.82) is 0 Å². The Balaban J connectivity index is 1.41. The van der Waals surface area contributed by atoms with Crippen molar-refractivity contribution in [3.05, 3.63) is 30.1 Å². The third-order valence-corrected chi connectivity index (χ3v) is 5.82. The molecule has 130 valence electrons. The highest BCUT2D eigenvalue weighted by Crippen LogP contribution is 2.42. The van der Waals surface area contributed by atoms with E-state index in [0.29, 0.717) is 12.1 Å². The number of amides is 1. The molecule has 0 saturated carbocycles. The van der Waals surface area contributed by atoms with E-state index in [1.54, 1.807) is 11.0 Å². The molecule has 1 aromatic rings. The zero-order valence-corrected chi connectivity index (χ0v) is 14.0. The summed E-state index contributed by atoms with van der Waals surface area (Å²) in [6.07, 6.45) is 3.96. The second-order valence-corrected chi connectivity index (χ2v) is 7.68. The van der Waals surface area contributed by atoms with E-state index in [4.69, 9.17) is 4.74 Å². The van der Waals surface area contributed by atoms with Gasteiger partial charge in [0.25, 0.3) is 0 Å². The molecule has 24 heavy (non-hydrogen) atoms. The Labute approximate surface area is 142 Å². The summed E-state index contributed by atoms with van der Waals surface area (Å²) >= 11 is 0. The van der Waals surface area contributed by atoms with Crippen LogP contribution in [0.5, 0.6) is 0 Å². The van der Waals surface area contributed by atoms with Crippen LogP contribution in [0.4, 0.5) is 10.1 Å².